The maximum Gasteiger partial charge on any atom is 0.227 e. The highest BCUT2D eigenvalue weighted by Crippen LogP contribution is 2.20. The number of nitrogens with two attached hydrogens (primary N) is 1. The van der Waals surface area contributed by atoms with E-state index in [-0.39, 0.29) is 17.7 Å². The molecule has 4 N–H and O–H groups in total. The fourth-order valence-corrected chi connectivity index (χ4v) is 2.06. The highest BCUT2D eigenvalue weighted by atomic mass is 16.5. The van der Waals surface area contributed by atoms with Gasteiger partial charge in [0, 0.05) is 24.7 Å². The number of carbonyl (C=O) groups is 1. The van der Waals surface area contributed by atoms with Crippen molar-refractivity contribution in [1.82, 2.24) is 0 Å². The minimum absolute atomic E-state index is 0.0251. The SMILES string of the molecule is NC(=NO)c1ccccc1NC(=O)C1CCOCC1. The predicted molar refractivity (Wildman–Crippen MR) is 71.1 cm³/mol. The summed E-state index contributed by atoms with van der Waals surface area (Å²) in [6, 6.07) is 6.96. The number of benzene rings is 1. The van der Waals surface area contributed by atoms with E-state index in [9.17, 15) is 4.79 Å². The molecule has 19 heavy (non-hydrogen) atoms. The van der Waals surface area contributed by atoms with Crippen LogP contribution in [0.1, 0.15) is 18.4 Å². The number of amidine groups is 1. The highest BCUT2D eigenvalue weighted by molar-refractivity contribution is 6.05. The number of nitrogens with zero attached hydrogens (tertiary/aromatic N) is 1. The molecule has 1 heterocycles. The maximum absolute atomic E-state index is 12.1. The largest absolute Gasteiger partial charge is 0.409 e. The number of anilines is 1. The maximum atomic E-state index is 12.1. The van der Waals surface area contributed by atoms with Gasteiger partial charge in [0.15, 0.2) is 5.84 Å². The van der Waals surface area contributed by atoms with Crippen LogP contribution >= 0.6 is 0 Å². The van der Waals surface area contributed by atoms with Crippen molar-refractivity contribution >= 4 is 17.4 Å². The van der Waals surface area contributed by atoms with Crippen molar-refractivity contribution in [3.05, 3.63) is 29.8 Å². The molecule has 6 nitrogen and oxygen atoms in total. The molecular formula is C13H17N3O3. The molecule has 0 bridgehead atoms. The van der Waals surface area contributed by atoms with Gasteiger partial charge in [-0.1, -0.05) is 17.3 Å². The third kappa shape index (κ3) is 3.23. The Kier molecular flexibility index (Phi) is 4.35. The second kappa shape index (κ2) is 6.19. The van der Waals surface area contributed by atoms with Gasteiger partial charge in [0.05, 0.1) is 5.69 Å². The summed E-state index contributed by atoms with van der Waals surface area (Å²) in [6.45, 7) is 1.22. The summed E-state index contributed by atoms with van der Waals surface area (Å²) in [4.78, 5) is 12.1. The second-order valence-electron chi connectivity index (χ2n) is 4.41. The van der Waals surface area contributed by atoms with E-state index in [2.05, 4.69) is 10.5 Å². The number of rotatable bonds is 3. The zero-order valence-electron chi connectivity index (χ0n) is 10.5. The van der Waals surface area contributed by atoms with Gasteiger partial charge in [-0.3, -0.25) is 4.79 Å². The van der Waals surface area contributed by atoms with Gasteiger partial charge in [-0.2, -0.15) is 0 Å². The van der Waals surface area contributed by atoms with E-state index in [0.717, 1.165) is 12.8 Å². The first kappa shape index (κ1) is 13.4. The molecule has 0 radical (unpaired) electrons. The normalized spacial score (nSPS) is 17.2. The number of hydrogen-bond acceptors (Lipinski definition) is 4. The van der Waals surface area contributed by atoms with Crippen molar-refractivity contribution in [2.45, 2.75) is 12.8 Å². The van der Waals surface area contributed by atoms with Crippen molar-refractivity contribution in [1.29, 1.82) is 0 Å². The first-order valence-corrected chi connectivity index (χ1v) is 6.18. The van der Waals surface area contributed by atoms with Crippen LogP contribution in [-0.2, 0) is 9.53 Å². The molecule has 1 aliphatic rings. The van der Waals surface area contributed by atoms with Crippen molar-refractivity contribution in [3.63, 3.8) is 0 Å². The first-order chi connectivity index (χ1) is 9.22. The summed E-state index contributed by atoms with van der Waals surface area (Å²) in [5.74, 6) is -0.126. The number of carbonyl (C=O) groups excluding carboxylic acids is 1. The Morgan fingerprint density at radius 1 is 1.37 bits per heavy atom. The van der Waals surface area contributed by atoms with Crippen LogP contribution in [0.4, 0.5) is 5.69 Å². The fraction of sp³-hybridized carbons (Fsp3) is 0.385. The van der Waals surface area contributed by atoms with E-state index in [1.54, 1.807) is 24.3 Å². The molecule has 0 spiro atoms. The molecule has 1 aromatic rings. The predicted octanol–water partition coefficient (Wildman–Crippen LogP) is 1.15. The van der Waals surface area contributed by atoms with Crippen LogP contribution in [0.25, 0.3) is 0 Å². The molecule has 1 fully saturated rings. The Labute approximate surface area is 111 Å². The number of nitrogens with one attached hydrogen (secondary N) is 1. The summed E-state index contributed by atoms with van der Waals surface area (Å²) in [6.07, 6.45) is 1.44. The molecule has 2 rings (SSSR count). The minimum Gasteiger partial charge on any atom is -0.409 e. The standard InChI is InChI=1S/C13H17N3O3/c14-12(16-18)10-3-1-2-4-11(10)15-13(17)9-5-7-19-8-6-9/h1-4,9,18H,5-8H2,(H2,14,16)(H,15,17). The average Bonchev–Trinajstić information content (AvgIpc) is 2.48. The van der Waals surface area contributed by atoms with Crippen LogP contribution in [-0.4, -0.2) is 30.2 Å². The van der Waals surface area contributed by atoms with Crippen LogP contribution in [0.3, 0.4) is 0 Å². The van der Waals surface area contributed by atoms with Gasteiger partial charge >= 0.3 is 0 Å². The van der Waals surface area contributed by atoms with Gasteiger partial charge < -0.3 is 21.0 Å². The topological polar surface area (TPSA) is 96.9 Å². The molecule has 1 aliphatic heterocycles. The van der Waals surface area contributed by atoms with Crippen LogP contribution in [0.2, 0.25) is 0 Å². The smallest absolute Gasteiger partial charge is 0.227 e. The van der Waals surface area contributed by atoms with E-state index in [1.165, 1.54) is 0 Å². The molecule has 102 valence electrons. The molecule has 0 unspecified atom stereocenters. The molecule has 6 heteroatoms. The van der Waals surface area contributed by atoms with Gasteiger partial charge in [0.1, 0.15) is 0 Å². The molecular weight excluding hydrogens is 246 g/mol. The summed E-state index contributed by atoms with van der Waals surface area (Å²) in [7, 11) is 0. The lowest BCUT2D eigenvalue weighted by molar-refractivity contribution is -0.122. The fourth-order valence-electron chi connectivity index (χ4n) is 2.06. The Morgan fingerprint density at radius 2 is 2.05 bits per heavy atom. The van der Waals surface area contributed by atoms with Crippen molar-refractivity contribution in [3.8, 4) is 0 Å². The number of hydrogen-bond donors (Lipinski definition) is 3. The first-order valence-electron chi connectivity index (χ1n) is 6.18. The van der Waals surface area contributed by atoms with Crippen LogP contribution in [0, 0.1) is 5.92 Å². The van der Waals surface area contributed by atoms with E-state index in [4.69, 9.17) is 15.7 Å². The molecule has 1 amide bonds. The number of oxime groups is 1. The van der Waals surface area contributed by atoms with Gasteiger partial charge in [-0.05, 0) is 25.0 Å². The molecule has 0 aliphatic carbocycles. The Balaban J connectivity index is 2.12. The zero-order chi connectivity index (χ0) is 13.7. The summed E-state index contributed by atoms with van der Waals surface area (Å²) >= 11 is 0. The lowest BCUT2D eigenvalue weighted by atomic mass is 9.99. The third-order valence-electron chi connectivity index (χ3n) is 3.16. The number of para-hydroxylation sites is 1. The third-order valence-corrected chi connectivity index (χ3v) is 3.16. The van der Waals surface area contributed by atoms with Crippen molar-refractivity contribution < 1.29 is 14.7 Å². The van der Waals surface area contributed by atoms with Gasteiger partial charge in [0.2, 0.25) is 5.91 Å². The van der Waals surface area contributed by atoms with E-state index in [1.807, 2.05) is 0 Å². The molecule has 0 saturated carbocycles. The summed E-state index contributed by atoms with van der Waals surface area (Å²) in [5, 5.41) is 14.5. The van der Waals surface area contributed by atoms with Crippen LogP contribution in [0.15, 0.2) is 29.4 Å². The van der Waals surface area contributed by atoms with E-state index in [0.29, 0.717) is 24.5 Å². The number of amides is 1. The molecule has 0 atom stereocenters. The molecule has 1 aromatic carbocycles. The van der Waals surface area contributed by atoms with Crippen molar-refractivity contribution in [2.24, 2.45) is 16.8 Å². The summed E-state index contributed by atoms with van der Waals surface area (Å²) < 4.78 is 5.23. The summed E-state index contributed by atoms with van der Waals surface area (Å²) in [5.41, 5.74) is 6.63. The average molecular weight is 263 g/mol. The second-order valence-corrected chi connectivity index (χ2v) is 4.41. The Morgan fingerprint density at radius 3 is 2.74 bits per heavy atom. The zero-order valence-corrected chi connectivity index (χ0v) is 10.5. The lowest BCUT2D eigenvalue weighted by Crippen LogP contribution is -2.29. The Hall–Kier alpha value is -2.08. The Bertz CT molecular complexity index is 482. The minimum atomic E-state index is -0.0542. The number of ether oxygens (including phenoxy) is 1. The lowest BCUT2D eigenvalue weighted by Gasteiger charge is -2.21. The van der Waals surface area contributed by atoms with E-state index >= 15 is 0 Å². The van der Waals surface area contributed by atoms with Gasteiger partial charge in [-0.15, -0.1) is 0 Å². The van der Waals surface area contributed by atoms with Crippen LogP contribution < -0.4 is 11.1 Å². The highest BCUT2D eigenvalue weighted by Gasteiger charge is 2.22. The molecule has 1 saturated heterocycles. The van der Waals surface area contributed by atoms with E-state index < -0.39 is 0 Å². The molecule has 0 aromatic heterocycles. The van der Waals surface area contributed by atoms with Gasteiger partial charge in [0.25, 0.3) is 0 Å². The van der Waals surface area contributed by atoms with Gasteiger partial charge in [-0.25, -0.2) is 0 Å². The van der Waals surface area contributed by atoms with Crippen molar-refractivity contribution in [2.75, 3.05) is 18.5 Å². The quantitative estimate of drug-likeness (QED) is 0.330. The monoisotopic (exact) mass is 263 g/mol. The van der Waals surface area contributed by atoms with Crippen LogP contribution in [0.5, 0.6) is 0 Å².